The predicted molar refractivity (Wildman–Crippen MR) is 49.9 cm³/mol. The standard InChI is InChI=1S/C9H11ClN2O/c1-7(10)5-12-8(13)9(6-11)3-2-4-9/h1-5H2,(H,12,13). The van der Waals surface area contributed by atoms with Crippen LogP contribution in [0, 0.1) is 16.7 Å². The SMILES string of the molecule is C=C(Cl)CNC(=O)C1(C#N)CCC1. The Labute approximate surface area is 82.4 Å². The Kier molecular flexibility index (Phi) is 2.94. The van der Waals surface area contributed by atoms with Crippen LogP contribution < -0.4 is 5.32 Å². The van der Waals surface area contributed by atoms with Crippen molar-refractivity contribution >= 4 is 17.5 Å². The highest BCUT2D eigenvalue weighted by Crippen LogP contribution is 2.40. The van der Waals surface area contributed by atoms with Crippen LogP contribution in [0.1, 0.15) is 19.3 Å². The number of hydrogen-bond donors (Lipinski definition) is 1. The third kappa shape index (κ3) is 2.02. The van der Waals surface area contributed by atoms with Crippen molar-refractivity contribution in [2.45, 2.75) is 19.3 Å². The molecule has 70 valence electrons. The van der Waals surface area contributed by atoms with Gasteiger partial charge in [0.2, 0.25) is 5.91 Å². The van der Waals surface area contributed by atoms with Crippen molar-refractivity contribution in [2.24, 2.45) is 5.41 Å². The first-order chi connectivity index (χ1) is 6.10. The van der Waals surface area contributed by atoms with Gasteiger partial charge in [0.05, 0.1) is 12.6 Å². The molecule has 0 aromatic heterocycles. The van der Waals surface area contributed by atoms with Gasteiger partial charge >= 0.3 is 0 Å². The molecule has 0 bridgehead atoms. The number of hydrogen-bond acceptors (Lipinski definition) is 2. The fourth-order valence-corrected chi connectivity index (χ4v) is 1.33. The van der Waals surface area contributed by atoms with E-state index < -0.39 is 5.41 Å². The second kappa shape index (κ2) is 3.80. The number of nitrogens with one attached hydrogen (secondary N) is 1. The van der Waals surface area contributed by atoms with E-state index in [0.29, 0.717) is 17.9 Å². The van der Waals surface area contributed by atoms with Gasteiger partial charge in [0, 0.05) is 5.03 Å². The lowest BCUT2D eigenvalue weighted by Gasteiger charge is -2.33. The number of nitriles is 1. The number of amides is 1. The molecule has 13 heavy (non-hydrogen) atoms. The molecule has 1 amide bonds. The molecule has 0 aromatic rings. The summed E-state index contributed by atoms with van der Waals surface area (Å²) in [6, 6.07) is 2.05. The van der Waals surface area contributed by atoms with Crippen LogP contribution in [0.5, 0.6) is 0 Å². The predicted octanol–water partition coefficient (Wildman–Crippen LogP) is 1.55. The molecule has 3 nitrogen and oxygen atoms in total. The maximum atomic E-state index is 11.4. The summed E-state index contributed by atoms with van der Waals surface area (Å²) in [5.74, 6) is -0.219. The fraction of sp³-hybridized carbons (Fsp3) is 0.556. The van der Waals surface area contributed by atoms with Gasteiger partial charge in [-0.3, -0.25) is 4.79 Å². The molecule has 1 fully saturated rings. The van der Waals surface area contributed by atoms with Crippen LogP contribution in [0.25, 0.3) is 0 Å². The molecule has 0 unspecified atom stereocenters. The van der Waals surface area contributed by atoms with E-state index in [1.165, 1.54) is 0 Å². The number of carbonyl (C=O) groups excluding carboxylic acids is 1. The monoisotopic (exact) mass is 198 g/mol. The van der Waals surface area contributed by atoms with Crippen molar-refractivity contribution < 1.29 is 4.79 Å². The van der Waals surface area contributed by atoms with E-state index in [0.717, 1.165) is 6.42 Å². The van der Waals surface area contributed by atoms with Crippen molar-refractivity contribution in [1.82, 2.24) is 5.32 Å². The molecule has 0 aromatic carbocycles. The number of halogens is 1. The summed E-state index contributed by atoms with van der Waals surface area (Å²) in [5.41, 5.74) is -0.785. The molecule has 0 aliphatic heterocycles. The average molecular weight is 199 g/mol. The normalized spacial score (nSPS) is 18.2. The van der Waals surface area contributed by atoms with Crippen LogP contribution in [0.2, 0.25) is 0 Å². The van der Waals surface area contributed by atoms with Crippen molar-refractivity contribution in [2.75, 3.05) is 6.54 Å². The number of nitrogens with zero attached hydrogens (tertiary/aromatic N) is 1. The van der Waals surface area contributed by atoms with Crippen LogP contribution in [-0.2, 0) is 4.79 Å². The zero-order valence-electron chi connectivity index (χ0n) is 7.27. The fourth-order valence-electron chi connectivity index (χ4n) is 1.27. The number of carbonyl (C=O) groups is 1. The van der Waals surface area contributed by atoms with E-state index in [2.05, 4.69) is 18.0 Å². The van der Waals surface area contributed by atoms with Crippen molar-refractivity contribution in [1.29, 1.82) is 5.26 Å². The molecule has 0 radical (unpaired) electrons. The van der Waals surface area contributed by atoms with Crippen LogP contribution >= 0.6 is 11.6 Å². The molecule has 4 heteroatoms. The van der Waals surface area contributed by atoms with Crippen LogP contribution in [0.3, 0.4) is 0 Å². The third-order valence-corrected chi connectivity index (χ3v) is 2.43. The lowest BCUT2D eigenvalue weighted by atomic mass is 9.69. The Hall–Kier alpha value is -1.01. The minimum Gasteiger partial charge on any atom is -0.350 e. The van der Waals surface area contributed by atoms with Gasteiger partial charge < -0.3 is 5.32 Å². The quantitative estimate of drug-likeness (QED) is 0.748. The summed E-state index contributed by atoms with van der Waals surface area (Å²) in [5, 5.41) is 11.8. The highest BCUT2D eigenvalue weighted by Gasteiger charge is 2.44. The maximum absolute atomic E-state index is 11.4. The molecule has 1 aliphatic carbocycles. The topological polar surface area (TPSA) is 52.9 Å². The van der Waals surface area contributed by atoms with Gasteiger partial charge in [-0.2, -0.15) is 5.26 Å². The first-order valence-electron chi connectivity index (χ1n) is 4.13. The second-order valence-corrected chi connectivity index (χ2v) is 3.78. The molecular weight excluding hydrogens is 188 g/mol. The lowest BCUT2D eigenvalue weighted by molar-refractivity contribution is -0.131. The minimum atomic E-state index is -0.785. The van der Waals surface area contributed by atoms with Gasteiger partial charge in [-0.15, -0.1) is 0 Å². The summed E-state index contributed by atoms with van der Waals surface area (Å²) in [6.07, 6.45) is 2.26. The van der Waals surface area contributed by atoms with E-state index in [9.17, 15) is 4.79 Å². The maximum Gasteiger partial charge on any atom is 0.240 e. The Morgan fingerprint density at radius 3 is 2.62 bits per heavy atom. The van der Waals surface area contributed by atoms with Crippen molar-refractivity contribution in [3.05, 3.63) is 11.6 Å². The third-order valence-electron chi connectivity index (χ3n) is 2.30. The van der Waals surface area contributed by atoms with Crippen molar-refractivity contribution in [3.8, 4) is 6.07 Å². The summed E-state index contributed by atoms with van der Waals surface area (Å²) >= 11 is 5.48. The zero-order valence-corrected chi connectivity index (χ0v) is 8.02. The second-order valence-electron chi connectivity index (χ2n) is 3.25. The highest BCUT2D eigenvalue weighted by atomic mass is 35.5. The summed E-state index contributed by atoms with van der Waals surface area (Å²) in [7, 11) is 0. The lowest BCUT2D eigenvalue weighted by Crippen LogP contribution is -2.44. The molecule has 1 saturated carbocycles. The molecular formula is C9H11ClN2O. The molecule has 1 N–H and O–H groups in total. The van der Waals surface area contributed by atoms with Crippen LogP contribution in [-0.4, -0.2) is 12.5 Å². The van der Waals surface area contributed by atoms with Gasteiger partial charge in [-0.1, -0.05) is 18.2 Å². The van der Waals surface area contributed by atoms with E-state index >= 15 is 0 Å². The highest BCUT2D eigenvalue weighted by molar-refractivity contribution is 6.29. The van der Waals surface area contributed by atoms with E-state index in [1.807, 2.05) is 0 Å². The largest absolute Gasteiger partial charge is 0.350 e. The summed E-state index contributed by atoms with van der Waals surface area (Å²) in [6.45, 7) is 3.69. The molecule has 0 heterocycles. The smallest absolute Gasteiger partial charge is 0.240 e. The van der Waals surface area contributed by atoms with Gasteiger partial charge in [0.15, 0.2) is 0 Å². The van der Waals surface area contributed by atoms with E-state index in [4.69, 9.17) is 16.9 Å². The molecule has 0 saturated heterocycles. The first-order valence-corrected chi connectivity index (χ1v) is 4.51. The van der Waals surface area contributed by atoms with Gasteiger partial charge in [0.25, 0.3) is 0 Å². The Balaban J connectivity index is 2.48. The van der Waals surface area contributed by atoms with Crippen LogP contribution in [0.15, 0.2) is 11.6 Å². The molecule has 1 aliphatic rings. The van der Waals surface area contributed by atoms with Gasteiger partial charge in [0.1, 0.15) is 5.41 Å². The van der Waals surface area contributed by atoms with E-state index in [-0.39, 0.29) is 12.5 Å². The minimum absolute atomic E-state index is 0.219. The van der Waals surface area contributed by atoms with Crippen molar-refractivity contribution in [3.63, 3.8) is 0 Å². The summed E-state index contributed by atoms with van der Waals surface area (Å²) in [4.78, 5) is 11.4. The first kappa shape index (κ1) is 10.1. The summed E-state index contributed by atoms with van der Waals surface area (Å²) < 4.78 is 0. The van der Waals surface area contributed by atoms with Gasteiger partial charge in [-0.25, -0.2) is 0 Å². The Bertz CT molecular complexity index is 276. The van der Waals surface area contributed by atoms with E-state index in [1.54, 1.807) is 0 Å². The Morgan fingerprint density at radius 1 is 1.69 bits per heavy atom. The van der Waals surface area contributed by atoms with Gasteiger partial charge in [-0.05, 0) is 19.3 Å². The van der Waals surface area contributed by atoms with Crippen LogP contribution in [0.4, 0.5) is 0 Å². The average Bonchev–Trinajstić information content (AvgIpc) is 2.00. The zero-order chi connectivity index (χ0) is 9.90. The molecule has 1 rings (SSSR count). The molecule has 0 atom stereocenters. The Morgan fingerprint density at radius 2 is 2.31 bits per heavy atom. The number of rotatable bonds is 3. The molecule has 0 spiro atoms.